The third-order valence-corrected chi connectivity index (χ3v) is 4.89. The molecule has 0 bridgehead atoms. The molecule has 0 N–H and O–H groups in total. The van der Waals surface area contributed by atoms with E-state index in [1.54, 1.807) is 12.1 Å². The highest BCUT2D eigenvalue weighted by Crippen LogP contribution is 2.32. The SMILES string of the molecule is COc1ccc2c(OCc3ccc(F)c(F)c3)c(Cc3ccc(F)c(F)c3)c(=O)oc2c1. The van der Waals surface area contributed by atoms with Crippen molar-refractivity contribution < 1.29 is 31.5 Å². The highest BCUT2D eigenvalue weighted by molar-refractivity contribution is 5.85. The summed E-state index contributed by atoms with van der Waals surface area (Å²) in [7, 11) is 1.46. The fourth-order valence-electron chi connectivity index (χ4n) is 3.27. The van der Waals surface area contributed by atoms with Crippen LogP contribution in [0.5, 0.6) is 11.5 Å². The quantitative estimate of drug-likeness (QED) is 0.290. The maximum Gasteiger partial charge on any atom is 0.343 e. The van der Waals surface area contributed by atoms with Crippen molar-refractivity contribution in [2.45, 2.75) is 13.0 Å². The third kappa shape index (κ3) is 4.30. The van der Waals surface area contributed by atoms with Crippen molar-refractivity contribution in [1.29, 1.82) is 0 Å². The summed E-state index contributed by atoms with van der Waals surface area (Å²) in [6.45, 7) is -0.174. The molecule has 4 nitrogen and oxygen atoms in total. The Hall–Kier alpha value is -3.81. The van der Waals surface area contributed by atoms with Gasteiger partial charge in [-0.25, -0.2) is 22.4 Å². The van der Waals surface area contributed by atoms with Gasteiger partial charge in [-0.15, -0.1) is 0 Å². The first-order chi connectivity index (χ1) is 15.4. The maximum atomic E-state index is 13.7. The van der Waals surface area contributed by atoms with Crippen LogP contribution in [0.25, 0.3) is 11.0 Å². The zero-order valence-electron chi connectivity index (χ0n) is 16.8. The average Bonchev–Trinajstić information content (AvgIpc) is 2.78. The van der Waals surface area contributed by atoms with Gasteiger partial charge in [-0.3, -0.25) is 0 Å². The molecule has 0 aliphatic carbocycles. The molecule has 1 aromatic heterocycles. The van der Waals surface area contributed by atoms with Crippen molar-refractivity contribution in [3.05, 3.63) is 105 Å². The number of ether oxygens (including phenoxy) is 2. The predicted molar refractivity (Wildman–Crippen MR) is 109 cm³/mol. The molecule has 0 saturated heterocycles. The van der Waals surface area contributed by atoms with E-state index < -0.39 is 28.9 Å². The number of hydrogen-bond acceptors (Lipinski definition) is 4. The van der Waals surface area contributed by atoms with Crippen molar-refractivity contribution in [1.82, 2.24) is 0 Å². The first-order valence-corrected chi connectivity index (χ1v) is 9.50. The summed E-state index contributed by atoms with van der Waals surface area (Å²) in [5, 5.41) is 0.422. The number of halogens is 4. The minimum absolute atomic E-state index is 0.0660. The second-order valence-electron chi connectivity index (χ2n) is 7.02. The molecule has 0 aliphatic rings. The Kier molecular flexibility index (Phi) is 5.85. The molecule has 4 rings (SSSR count). The highest BCUT2D eigenvalue weighted by atomic mass is 19.2. The number of fused-ring (bicyclic) bond motifs is 1. The van der Waals surface area contributed by atoms with Crippen LogP contribution < -0.4 is 15.1 Å². The Labute approximate surface area is 179 Å². The lowest BCUT2D eigenvalue weighted by molar-refractivity contribution is 0.302. The van der Waals surface area contributed by atoms with Crippen LogP contribution in [0.2, 0.25) is 0 Å². The summed E-state index contributed by atoms with van der Waals surface area (Å²) in [5.74, 6) is -3.52. The summed E-state index contributed by atoms with van der Waals surface area (Å²) < 4.78 is 70.2. The maximum absolute atomic E-state index is 13.7. The molecule has 3 aromatic carbocycles. The van der Waals surface area contributed by atoms with Gasteiger partial charge in [0, 0.05) is 12.5 Å². The molecular weight excluding hydrogens is 428 g/mol. The van der Waals surface area contributed by atoms with E-state index in [1.807, 2.05) is 0 Å². The average molecular weight is 444 g/mol. The topological polar surface area (TPSA) is 48.7 Å². The minimum atomic E-state index is -1.05. The molecule has 0 atom stereocenters. The Bertz CT molecular complexity index is 1360. The van der Waals surface area contributed by atoms with Gasteiger partial charge in [-0.1, -0.05) is 12.1 Å². The molecule has 8 heteroatoms. The normalized spacial score (nSPS) is 11.0. The Balaban J connectivity index is 1.79. The van der Waals surface area contributed by atoms with Gasteiger partial charge < -0.3 is 13.9 Å². The van der Waals surface area contributed by atoms with Gasteiger partial charge in [-0.2, -0.15) is 0 Å². The number of methoxy groups -OCH3 is 1. The van der Waals surface area contributed by atoms with Crippen LogP contribution in [0.15, 0.2) is 63.8 Å². The van der Waals surface area contributed by atoms with Crippen molar-refractivity contribution in [3.63, 3.8) is 0 Å². The van der Waals surface area contributed by atoms with E-state index in [4.69, 9.17) is 13.9 Å². The molecule has 0 aliphatic heterocycles. The lowest BCUT2D eigenvalue weighted by Gasteiger charge is -2.14. The summed E-state index contributed by atoms with van der Waals surface area (Å²) in [6.07, 6.45) is -0.103. The first kappa shape index (κ1) is 21.4. The van der Waals surface area contributed by atoms with E-state index in [9.17, 15) is 22.4 Å². The standard InChI is InChI=1S/C24H16F4O4/c1-30-15-4-5-16-22(11-15)32-24(29)17(8-13-2-6-18(25)20(27)9-13)23(16)31-12-14-3-7-19(26)21(28)10-14/h2-7,9-11H,8,12H2,1H3. The van der Waals surface area contributed by atoms with Crippen LogP contribution in [0.3, 0.4) is 0 Å². The second kappa shape index (κ2) is 8.74. The molecule has 0 saturated carbocycles. The van der Waals surface area contributed by atoms with Gasteiger partial charge >= 0.3 is 5.63 Å². The molecule has 0 radical (unpaired) electrons. The molecule has 32 heavy (non-hydrogen) atoms. The lowest BCUT2D eigenvalue weighted by atomic mass is 10.0. The number of hydrogen-bond donors (Lipinski definition) is 0. The van der Waals surface area contributed by atoms with Crippen molar-refractivity contribution in [2.24, 2.45) is 0 Å². The van der Waals surface area contributed by atoms with E-state index in [1.165, 1.54) is 25.3 Å². The van der Waals surface area contributed by atoms with Gasteiger partial charge in [0.25, 0.3) is 0 Å². The largest absolute Gasteiger partial charge is 0.497 e. The zero-order chi connectivity index (χ0) is 22.8. The van der Waals surface area contributed by atoms with Gasteiger partial charge in [0.2, 0.25) is 0 Å². The van der Waals surface area contributed by atoms with Crippen LogP contribution >= 0.6 is 0 Å². The molecule has 4 aromatic rings. The fraction of sp³-hybridized carbons (Fsp3) is 0.125. The number of benzene rings is 3. The Morgan fingerprint density at radius 3 is 2.12 bits per heavy atom. The van der Waals surface area contributed by atoms with Crippen LogP contribution in [0, 0.1) is 23.3 Å². The second-order valence-corrected chi connectivity index (χ2v) is 7.02. The smallest absolute Gasteiger partial charge is 0.343 e. The van der Waals surface area contributed by atoms with E-state index in [2.05, 4.69) is 0 Å². The van der Waals surface area contributed by atoms with Crippen molar-refractivity contribution in [2.75, 3.05) is 7.11 Å². The molecule has 164 valence electrons. The fourth-order valence-corrected chi connectivity index (χ4v) is 3.27. The predicted octanol–water partition coefficient (Wildman–Crippen LogP) is 5.53. The monoisotopic (exact) mass is 444 g/mol. The summed E-state index contributed by atoms with van der Waals surface area (Å²) in [4.78, 5) is 12.8. The lowest BCUT2D eigenvalue weighted by Crippen LogP contribution is -2.12. The van der Waals surface area contributed by atoms with E-state index in [0.717, 1.165) is 24.3 Å². The van der Waals surface area contributed by atoms with Gasteiger partial charge in [0.05, 0.1) is 18.1 Å². The molecule has 0 spiro atoms. The van der Waals surface area contributed by atoms with Crippen LogP contribution in [0.1, 0.15) is 16.7 Å². The molecule has 0 unspecified atom stereocenters. The summed E-state index contributed by atoms with van der Waals surface area (Å²) in [5.41, 5.74) is 0.162. The van der Waals surface area contributed by atoms with Gasteiger partial charge in [0.1, 0.15) is 23.7 Å². The third-order valence-electron chi connectivity index (χ3n) is 4.89. The van der Waals surface area contributed by atoms with Crippen molar-refractivity contribution >= 4 is 11.0 Å². The van der Waals surface area contributed by atoms with Crippen LogP contribution in [0.4, 0.5) is 17.6 Å². The van der Waals surface area contributed by atoms with Crippen LogP contribution in [-0.2, 0) is 13.0 Å². The molecular formula is C24H16F4O4. The first-order valence-electron chi connectivity index (χ1n) is 9.50. The number of rotatable bonds is 6. The highest BCUT2D eigenvalue weighted by Gasteiger charge is 2.18. The van der Waals surface area contributed by atoms with Crippen molar-refractivity contribution in [3.8, 4) is 11.5 Å². The minimum Gasteiger partial charge on any atom is -0.497 e. The molecule has 0 amide bonds. The summed E-state index contributed by atoms with van der Waals surface area (Å²) >= 11 is 0. The molecule has 0 fully saturated rings. The Morgan fingerprint density at radius 1 is 0.812 bits per heavy atom. The van der Waals surface area contributed by atoms with E-state index in [0.29, 0.717) is 22.3 Å². The van der Waals surface area contributed by atoms with E-state index in [-0.39, 0.29) is 29.9 Å². The van der Waals surface area contributed by atoms with Gasteiger partial charge in [0.15, 0.2) is 23.3 Å². The van der Waals surface area contributed by atoms with Crippen LogP contribution in [-0.4, -0.2) is 7.11 Å². The zero-order valence-corrected chi connectivity index (χ0v) is 16.8. The Morgan fingerprint density at radius 2 is 1.47 bits per heavy atom. The molecule has 1 heterocycles. The van der Waals surface area contributed by atoms with Gasteiger partial charge in [-0.05, 0) is 47.5 Å². The van der Waals surface area contributed by atoms with E-state index >= 15 is 0 Å². The summed E-state index contributed by atoms with van der Waals surface area (Å²) in [6, 6.07) is 11.3.